The topological polar surface area (TPSA) is 20.2 Å². The zero-order chi connectivity index (χ0) is 13.3. The second-order valence-corrected chi connectivity index (χ2v) is 6.23. The van der Waals surface area contributed by atoms with E-state index in [1.54, 1.807) is 0 Å². The molecular weight excluding hydrogens is 302 g/mol. The van der Waals surface area contributed by atoms with Gasteiger partial charge < -0.3 is 5.11 Å². The van der Waals surface area contributed by atoms with E-state index >= 15 is 0 Å². The smallest absolute Gasteiger partial charge is 0.146 e. The molecule has 1 aromatic rings. The van der Waals surface area contributed by atoms with E-state index in [1.807, 2.05) is 6.92 Å². The van der Waals surface area contributed by atoms with Crippen LogP contribution in [-0.4, -0.2) is 5.11 Å². The first kappa shape index (κ1) is 13.9. The van der Waals surface area contributed by atoms with Crippen molar-refractivity contribution >= 4 is 15.9 Å². The van der Waals surface area contributed by atoms with Gasteiger partial charge in [0.25, 0.3) is 0 Å². The van der Waals surface area contributed by atoms with Crippen molar-refractivity contribution in [2.45, 2.75) is 45.1 Å². The number of hydrogen-bond donors (Lipinski definition) is 1. The number of aliphatic hydroxyl groups is 1. The van der Waals surface area contributed by atoms with Gasteiger partial charge in [0.2, 0.25) is 0 Å². The van der Waals surface area contributed by atoms with E-state index in [1.165, 1.54) is 12.1 Å². The minimum absolute atomic E-state index is 0.192. The standard InChI is InChI=1S/C14H17BrF2O/c1-14(7-3-2-4-8-14)13(18)11-10(16)6-5-9(15)12(11)17/h5-6,13,18H,2-4,7-8H2,1H3. The Morgan fingerprint density at radius 3 is 2.44 bits per heavy atom. The van der Waals surface area contributed by atoms with Crippen molar-refractivity contribution in [2.75, 3.05) is 0 Å². The molecule has 1 aromatic carbocycles. The van der Waals surface area contributed by atoms with Gasteiger partial charge in [-0.3, -0.25) is 0 Å². The molecule has 0 radical (unpaired) electrons. The molecule has 0 aliphatic heterocycles. The van der Waals surface area contributed by atoms with Crippen LogP contribution < -0.4 is 0 Å². The van der Waals surface area contributed by atoms with Crippen molar-refractivity contribution in [1.29, 1.82) is 0 Å². The van der Waals surface area contributed by atoms with E-state index < -0.39 is 23.2 Å². The predicted molar refractivity (Wildman–Crippen MR) is 70.2 cm³/mol. The Morgan fingerprint density at radius 2 is 1.83 bits per heavy atom. The summed E-state index contributed by atoms with van der Waals surface area (Å²) in [5, 5.41) is 10.4. The van der Waals surface area contributed by atoms with Crippen LogP contribution in [0.4, 0.5) is 8.78 Å². The highest BCUT2D eigenvalue weighted by Crippen LogP contribution is 2.47. The number of hydrogen-bond acceptors (Lipinski definition) is 1. The second kappa shape index (κ2) is 5.25. The monoisotopic (exact) mass is 318 g/mol. The second-order valence-electron chi connectivity index (χ2n) is 5.37. The minimum atomic E-state index is -1.09. The van der Waals surface area contributed by atoms with Crippen molar-refractivity contribution in [2.24, 2.45) is 5.41 Å². The number of aliphatic hydroxyl groups excluding tert-OH is 1. The summed E-state index contributed by atoms with van der Waals surface area (Å²) in [6.45, 7) is 1.91. The normalized spacial score (nSPS) is 20.7. The largest absolute Gasteiger partial charge is 0.388 e. The predicted octanol–water partition coefficient (Wildman–Crippen LogP) is 4.73. The lowest BCUT2D eigenvalue weighted by Crippen LogP contribution is -2.29. The maximum absolute atomic E-state index is 14.0. The molecular formula is C14H17BrF2O. The Morgan fingerprint density at radius 1 is 1.22 bits per heavy atom. The summed E-state index contributed by atoms with van der Waals surface area (Å²) in [5.41, 5.74) is -0.630. The molecule has 1 aliphatic rings. The van der Waals surface area contributed by atoms with Crippen LogP contribution in [0.1, 0.15) is 50.7 Å². The first-order valence-electron chi connectivity index (χ1n) is 6.27. The molecule has 4 heteroatoms. The molecule has 0 saturated heterocycles. The van der Waals surface area contributed by atoms with Gasteiger partial charge in [0.1, 0.15) is 11.6 Å². The molecule has 0 bridgehead atoms. The molecule has 1 unspecified atom stereocenters. The van der Waals surface area contributed by atoms with E-state index in [2.05, 4.69) is 15.9 Å². The Labute approximate surface area is 114 Å². The number of halogens is 3. The molecule has 1 N–H and O–H groups in total. The van der Waals surface area contributed by atoms with E-state index in [0.29, 0.717) is 0 Å². The van der Waals surface area contributed by atoms with Crippen LogP contribution in [0.25, 0.3) is 0 Å². The molecule has 1 saturated carbocycles. The summed E-state index contributed by atoms with van der Waals surface area (Å²) < 4.78 is 28.0. The molecule has 1 nitrogen and oxygen atoms in total. The fourth-order valence-electron chi connectivity index (χ4n) is 2.77. The van der Waals surface area contributed by atoms with Gasteiger partial charge in [-0.1, -0.05) is 26.2 Å². The van der Waals surface area contributed by atoms with Crippen LogP contribution in [0.3, 0.4) is 0 Å². The lowest BCUT2D eigenvalue weighted by molar-refractivity contribution is 0.00328. The zero-order valence-electron chi connectivity index (χ0n) is 10.3. The fraction of sp³-hybridized carbons (Fsp3) is 0.571. The molecule has 0 aromatic heterocycles. The molecule has 0 spiro atoms. The van der Waals surface area contributed by atoms with Crippen LogP contribution in [0.2, 0.25) is 0 Å². The quantitative estimate of drug-likeness (QED) is 0.781. The summed E-state index contributed by atoms with van der Waals surface area (Å²) in [5.74, 6) is -1.36. The molecule has 1 fully saturated rings. The molecule has 1 atom stereocenters. The van der Waals surface area contributed by atoms with Gasteiger partial charge in [-0.15, -0.1) is 0 Å². The average Bonchev–Trinajstić information content (AvgIpc) is 2.35. The molecule has 100 valence electrons. The van der Waals surface area contributed by atoms with E-state index in [-0.39, 0.29) is 10.0 Å². The third kappa shape index (κ3) is 2.45. The third-order valence-corrected chi connectivity index (χ3v) is 4.62. The molecule has 2 rings (SSSR count). The Bertz CT molecular complexity index is 442. The fourth-order valence-corrected chi connectivity index (χ4v) is 3.12. The van der Waals surface area contributed by atoms with Crippen molar-refractivity contribution in [3.63, 3.8) is 0 Å². The van der Waals surface area contributed by atoms with Gasteiger partial charge in [0, 0.05) is 0 Å². The van der Waals surface area contributed by atoms with E-state index in [0.717, 1.165) is 32.1 Å². The van der Waals surface area contributed by atoms with Crippen molar-refractivity contribution in [3.8, 4) is 0 Å². The molecule has 0 amide bonds. The van der Waals surface area contributed by atoms with Crippen LogP contribution in [0.5, 0.6) is 0 Å². The summed E-state index contributed by atoms with van der Waals surface area (Å²) in [6.07, 6.45) is 3.66. The highest BCUT2D eigenvalue weighted by atomic mass is 79.9. The Balaban J connectivity index is 2.39. The first-order chi connectivity index (χ1) is 8.46. The Hall–Kier alpha value is -0.480. The van der Waals surface area contributed by atoms with Crippen LogP contribution in [-0.2, 0) is 0 Å². The van der Waals surface area contributed by atoms with Gasteiger partial charge in [-0.2, -0.15) is 0 Å². The molecule has 1 aliphatic carbocycles. The van der Waals surface area contributed by atoms with E-state index in [9.17, 15) is 13.9 Å². The highest BCUT2D eigenvalue weighted by molar-refractivity contribution is 9.10. The average molecular weight is 319 g/mol. The molecule has 0 heterocycles. The van der Waals surface area contributed by atoms with Crippen molar-refractivity contribution in [3.05, 3.63) is 33.8 Å². The summed E-state index contributed by atoms with van der Waals surface area (Å²) in [7, 11) is 0. The SMILES string of the molecule is CC1(C(O)c2c(F)ccc(Br)c2F)CCCCC1. The van der Waals surface area contributed by atoms with Gasteiger partial charge in [-0.05, 0) is 46.3 Å². The maximum atomic E-state index is 14.0. The Kier molecular flexibility index (Phi) is 4.07. The van der Waals surface area contributed by atoms with Gasteiger partial charge in [0.15, 0.2) is 0 Å². The summed E-state index contributed by atoms with van der Waals surface area (Å²) in [6, 6.07) is 2.52. The third-order valence-electron chi connectivity index (χ3n) is 4.01. The number of benzene rings is 1. The maximum Gasteiger partial charge on any atom is 0.146 e. The summed E-state index contributed by atoms with van der Waals surface area (Å²) >= 11 is 3.04. The first-order valence-corrected chi connectivity index (χ1v) is 7.06. The van der Waals surface area contributed by atoms with Gasteiger partial charge in [-0.25, -0.2) is 8.78 Å². The summed E-state index contributed by atoms with van der Waals surface area (Å²) in [4.78, 5) is 0. The molecule has 18 heavy (non-hydrogen) atoms. The van der Waals surface area contributed by atoms with Crippen LogP contribution >= 0.6 is 15.9 Å². The van der Waals surface area contributed by atoms with E-state index in [4.69, 9.17) is 0 Å². The highest BCUT2D eigenvalue weighted by Gasteiger charge is 2.38. The van der Waals surface area contributed by atoms with Crippen LogP contribution in [0, 0.1) is 17.0 Å². The van der Waals surface area contributed by atoms with Crippen molar-refractivity contribution < 1.29 is 13.9 Å². The zero-order valence-corrected chi connectivity index (χ0v) is 11.9. The number of rotatable bonds is 2. The lowest BCUT2D eigenvalue weighted by Gasteiger charge is -2.38. The minimum Gasteiger partial charge on any atom is -0.388 e. The van der Waals surface area contributed by atoms with Gasteiger partial charge >= 0.3 is 0 Å². The lowest BCUT2D eigenvalue weighted by atomic mass is 9.70. The van der Waals surface area contributed by atoms with Gasteiger partial charge in [0.05, 0.1) is 16.1 Å². The van der Waals surface area contributed by atoms with Crippen molar-refractivity contribution in [1.82, 2.24) is 0 Å². The van der Waals surface area contributed by atoms with Crippen LogP contribution in [0.15, 0.2) is 16.6 Å².